The Balaban J connectivity index is 1.89. The zero-order chi connectivity index (χ0) is 13.8. The number of hydrogen-bond donors (Lipinski definition) is 2. The van der Waals surface area contributed by atoms with Gasteiger partial charge in [-0.3, -0.25) is 9.88 Å². The summed E-state index contributed by atoms with van der Waals surface area (Å²) >= 11 is 0. The Hall–Kier alpha value is -1.49. The Morgan fingerprint density at radius 2 is 2.20 bits per heavy atom. The van der Waals surface area contributed by atoms with E-state index < -0.39 is 0 Å². The molecule has 0 amide bonds. The molecule has 0 radical (unpaired) electrons. The minimum atomic E-state index is 0.0829. The number of pyridine rings is 1. The normalized spacial score (nSPS) is 18.9. The highest BCUT2D eigenvalue weighted by Gasteiger charge is 2.20. The maximum atomic E-state index is 9.82. The van der Waals surface area contributed by atoms with E-state index in [0.717, 1.165) is 43.5 Å². The first kappa shape index (κ1) is 13.5. The summed E-state index contributed by atoms with van der Waals surface area (Å²) in [6.45, 7) is 4.23. The summed E-state index contributed by atoms with van der Waals surface area (Å²) in [6, 6.07) is 10.4. The highest BCUT2D eigenvalue weighted by atomic mass is 16.3. The first-order valence-electron chi connectivity index (χ1n) is 7.29. The molecule has 4 nitrogen and oxygen atoms in total. The molecule has 1 unspecified atom stereocenters. The maximum absolute atomic E-state index is 9.82. The number of benzene rings is 1. The van der Waals surface area contributed by atoms with E-state index in [1.54, 1.807) is 0 Å². The molecule has 1 aliphatic rings. The van der Waals surface area contributed by atoms with E-state index in [1.807, 2.05) is 18.3 Å². The molecule has 0 bridgehead atoms. The van der Waals surface area contributed by atoms with Crippen molar-refractivity contribution in [3.63, 3.8) is 0 Å². The first-order valence-corrected chi connectivity index (χ1v) is 7.29. The van der Waals surface area contributed by atoms with Gasteiger partial charge in [-0.25, -0.2) is 0 Å². The fraction of sp³-hybridized carbons (Fsp3) is 0.438. The Kier molecular flexibility index (Phi) is 4.25. The Labute approximate surface area is 119 Å². The number of aliphatic hydroxyl groups is 1. The van der Waals surface area contributed by atoms with Gasteiger partial charge in [0, 0.05) is 31.2 Å². The van der Waals surface area contributed by atoms with Crippen molar-refractivity contribution in [3.05, 3.63) is 42.1 Å². The fourth-order valence-electron chi connectivity index (χ4n) is 2.91. The molecule has 20 heavy (non-hydrogen) atoms. The number of fused-ring (bicyclic) bond motifs is 1. The van der Waals surface area contributed by atoms with Crippen LogP contribution in [0.3, 0.4) is 0 Å². The van der Waals surface area contributed by atoms with Gasteiger partial charge in [-0.05, 0) is 36.7 Å². The molecule has 1 aliphatic heterocycles. The van der Waals surface area contributed by atoms with Crippen molar-refractivity contribution in [2.75, 3.05) is 32.8 Å². The average Bonchev–Trinajstić information content (AvgIpc) is 2.77. The van der Waals surface area contributed by atoms with Crippen molar-refractivity contribution in [2.45, 2.75) is 12.5 Å². The molecule has 1 aromatic heterocycles. The van der Waals surface area contributed by atoms with E-state index in [4.69, 9.17) is 0 Å². The Morgan fingerprint density at radius 3 is 3.10 bits per heavy atom. The summed E-state index contributed by atoms with van der Waals surface area (Å²) in [5.74, 6) is 0. The predicted octanol–water partition coefficient (Wildman–Crippen LogP) is 1.56. The second-order valence-corrected chi connectivity index (χ2v) is 5.29. The molecule has 2 N–H and O–H groups in total. The molecule has 4 heteroatoms. The molecule has 0 saturated carbocycles. The van der Waals surface area contributed by atoms with Crippen LogP contribution in [-0.4, -0.2) is 47.8 Å². The van der Waals surface area contributed by atoms with Crippen molar-refractivity contribution < 1.29 is 5.11 Å². The number of nitrogens with zero attached hydrogens (tertiary/aromatic N) is 2. The number of hydrogen-bond acceptors (Lipinski definition) is 4. The minimum absolute atomic E-state index is 0.0829. The lowest BCUT2D eigenvalue weighted by atomic mass is 10.0. The number of aromatic nitrogens is 1. The Bertz CT molecular complexity index is 564. The zero-order valence-corrected chi connectivity index (χ0v) is 11.6. The van der Waals surface area contributed by atoms with Crippen molar-refractivity contribution in [3.8, 4) is 0 Å². The van der Waals surface area contributed by atoms with Gasteiger partial charge in [-0.1, -0.05) is 12.1 Å². The molecule has 0 aliphatic carbocycles. The van der Waals surface area contributed by atoms with E-state index in [0.29, 0.717) is 0 Å². The van der Waals surface area contributed by atoms with Crippen LogP contribution in [0.25, 0.3) is 10.9 Å². The molecule has 1 atom stereocenters. The van der Waals surface area contributed by atoms with Gasteiger partial charge in [-0.15, -0.1) is 0 Å². The number of nitrogens with one attached hydrogen (secondary N) is 1. The molecule has 106 valence electrons. The largest absolute Gasteiger partial charge is 0.394 e. The highest BCUT2D eigenvalue weighted by molar-refractivity contribution is 5.79. The zero-order valence-electron chi connectivity index (χ0n) is 11.6. The van der Waals surface area contributed by atoms with E-state index in [2.05, 4.69) is 33.4 Å². The van der Waals surface area contributed by atoms with Crippen LogP contribution in [0.2, 0.25) is 0 Å². The van der Waals surface area contributed by atoms with Gasteiger partial charge in [-0.2, -0.15) is 0 Å². The molecular weight excluding hydrogens is 250 g/mol. The summed E-state index contributed by atoms with van der Waals surface area (Å²) in [4.78, 5) is 6.72. The third kappa shape index (κ3) is 2.82. The molecule has 2 heterocycles. The standard InChI is InChI=1S/C16H21N3O/c20-12-16(19-9-2-6-17-8-10-19)14-4-5-15-13(11-14)3-1-7-18-15/h1,3-5,7,11,16-17,20H,2,6,8-10,12H2. The van der Waals surface area contributed by atoms with Gasteiger partial charge in [0.25, 0.3) is 0 Å². The quantitative estimate of drug-likeness (QED) is 0.889. The SMILES string of the molecule is OCC(c1ccc2ncccc2c1)N1CCCNCC1. The monoisotopic (exact) mass is 271 g/mol. The fourth-order valence-corrected chi connectivity index (χ4v) is 2.91. The number of rotatable bonds is 3. The predicted molar refractivity (Wildman–Crippen MR) is 80.6 cm³/mol. The van der Waals surface area contributed by atoms with Crippen molar-refractivity contribution in [1.82, 2.24) is 15.2 Å². The molecule has 1 aromatic carbocycles. The maximum Gasteiger partial charge on any atom is 0.0702 e. The lowest BCUT2D eigenvalue weighted by Crippen LogP contribution is -2.34. The van der Waals surface area contributed by atoms with Gasteiger partial charge >= 0.3 is 0 Å². The lowest BCUT2D eigenvalue weighted by Gasteiger charge is -2.29. The van der Waals surface area contributed by atoms with Gasteiger partial charge in [0.2, 0.25) is 0 Å². The topological polar surface area (TPSA) is 48.4 Å². The summed E-state index contributed by atoms with van der Waals surface area (Å²) < 4.78 is 0. The molecule has 0 spiro atoms. The third-order valence-corrected chi connectivity index (χ3v) is 4.00. The summed E-state index contributed by atoms with van der Waals surface area (Å²) in [5, 5.41) is 14.4. The summed E-state index contributed by atoms with van der Waals surface area (Å²) in [6.07, 6.45) is 2.94. The smallest absolute Gasteiger partial charge is 0.0702 e. The van der Waals surface area contributed by atoms with Gasteiger partial charge < -0.3 is 10.4 Å². The van der Waals surface area contributed by atoms with Crippen LogP contribution in [-0.2, 0) is 0 Å². The molecule has 1 saturated heterocycles. The van der Waals surface area contributed by atoms with E-state index in [-0.39, 0.29) is 12.6 Å². The lowest BCUT2D eigenvalue weighted by molar-refractivity contribution is 0.130. The second kappa shape index (κ2) is 6.31. The van der Waals surface area contributed by atoms with Crippen LogP contribution >= 0.6 is 0 Å². The van der Waals surface area contributed by atoms with Crippen LogP contribution in [0.1, 0.15) is 18.0 Å². The number of aliphatic hydroxyl groups excluding tert-OH is 1. The molecule has 2 aromatic rings. The average molecular weight is 271 g/mol. The van der Waals surface area contributed by atoms with Crippen molar-refractivity contribution >= 4 is 10.9 Å². The van der Waals surface area contributed by atoms with Crippen LogP contribution < -0.4 is 5.32 Å². The van der Waals surface area contributed by atoms with E-state index >= 15 is 0 Å². The summed E-state index contributed by atoms with van der Waals surface area (Å²) in [7, 11) is 0. The van der Waals surface area contributed by atoms with Gasteiger partial charge in [0.15, 0.2) is 0 Å². The van der Waals surface area contributed by atoms with Crippen molar-refractivity contribution in [1.29, 1.82) is 0 Å². The van der Waals surface area contributed by atoms with Crippen LogP contribution in [0.5, 0.6) is 0 Å². The molecular formula is C16H21N3O. The minimum Gasteiger partial charge on any atom is -0.394 e. The Morgan fingerprint density at radius 1 is 1.25 bits per heavy atom. The van der Waals surface area contributed by atoms with Gasteiger partial charge in [0.1, 0.15) is 0 Å². The van der Waals surface area contributed by atoms with Gasteiger partial charge in [0.05, 0.1) is 18.2 Å². The highest BCUT2D eigenvalue weighted by Crippen LogP contribution is 2.24. The van der Waals surface area contributed by atoms with E-state index in [9.17, 15) is 5.11 Å². The molecule has 1 fully saturated rings. The second-order valence-electron chi connectivity index (χ2n) is 5.29. The van der Waals surface area contributed by atoms with Crippen LogP contribution in [0.15, 0.2) is 36.5 Å². The molecule has 3 rings (SSSR count). The first-order chi connectivity index (χ1) is 9.88. The summed E-state index contributed by atoms with van der Waals surface area (Å²) in [5.41, 5.74) is 2.18. The van der Waals surface area contributed by atoms with Crippen LogP contribution in [0.4, 0.5) is 0 Å². The third-order valence-electron chi connectivity index (χ3n) is 4.00. The van der Waals surface area contributed by atoms with E-state index in [1.165, 1.54) is 5.56 Å². The van der Waals surface area contributed by atoms with Crippen molar-refractivity contribution in [2.24, 2.45) is 0 Å². The van der Waals surface area contributed by atoms with Crippen LogP contribution in [0, 0.1) is 0 Å².